The van der Waals surface area contributed by atoms with E-state index in [1.807, 2.05) is 0 Å². The molecule has 9 nitrogen and oxygen atoms in total. The van der Waals surface area contributed by atoms with Crippen LogP contribution in [0.25, 0.3) is 0 Å². The molecule has 9 heteroatoms. The first kappa shape index (κ1) is 15.5. The Bertz CT molecular complexity index is 687. The van der Waals surface area contributed by atoms with E-state index in [9.17, 15) is 25.0 Å². The average molecular weight is 288 g/mol. The fourth-order valence-corrected chi connectivity index (χ4v) is 1.30. The molecule has 0 aliphatic heterocycles. The predicted molar refractivity (Wildman–Crippen MR) is 72.3 cm³/mol. The summed E-state index contributed by atoms with van der Waals surface area (Å²) in [7, 11) is 0. The number of allylic oxidation sites excluding steroid dienone is 3. The first-order valence-electron chi connectivity index (χ1n) is 5.41. The van der Waals surface area contributed by atoms with Gasteiger partial charge in [-0.25, -0.2) is 0 Å². The Morgan fingerprint density at radius 2 is 2.00 bits per heavy atom. The molecule has 106 valence electrons. The summed E-state index contributed by atoms with van der Waals surface area (Å²) < 4.78 is 0. The van der Waals surface area contributed by atoms with Crippen molar-refractivity contribution in [2.75, 3.05) is 5.32 Å². The zero-order chi connectivity index (χ0) is 15.8. The molecule has 0 amide bonds. The van der Waals surface area contributed by atoms with Gasteiger partial charge in [-0.2, -0.15) is 5.26 Å². The van der Waals surface area contributed by atoms with Gasteiger partial charge in [0, 0.05) is 12.3 Å². The Labute approximate surface area is 118 Å². The van der Waals surface area contributed by atoms with Crippen molar-refractivity contribution in [3.63, 3.8) is 0 Å². The number of nitrogens with one attached hydrogen (secondary N) is 1. The molecule has 0 aromatic heterocycles. The maximum Gasteiger partial charge on any atom is 0.299 e. The molecule has 0 unspecified atom stereocenters. The highest BCUT2D eigenvalue weighted by atomic mass is 16.6. The molecular weight excluding hydrogens is 280 g/mol. The topological polar surface area (TPSA) is 139 Å². The molecule has 21 heavy (non-hydrogen) atoms. The van der Waals surface area contributed by atoms with E-state index < -0.39 is 21.2 Å². The summed E-state index contributed by atoms with van der Waals surface area (Å²) in [6.07, 6.45) is 4.13. The summed E-state index contributed by atoms with van der Waals surface area (Å²) in [5.41, 5.74) is -0.941. The number of non-ortho nitro benzene ring substituents is 1. The zero-order valence-corrected chi connectivity index (χ0v) is 10.4. The first-order valence-corrected chi connectivity index (χ1v) is 5.41. The Kier molecular flexibility index (Phi) is 5.28. The van der Waals surface area contributed by atoms with Gasteiger partial charge in [-0.15, -0.1) is 0 Å². The summed E-state index contributed by atoms with van der Waals surface area (Å²) in [5, 5.41) is 32.4. The third kappa shape index (κ3) is 4.25. The fraction of sp³-hybridized carbons (Fsp3) is 0. The fourth-order valence-electron chi connectivity index (χ4n) is 1.30. The number of nitro groups is 2. The predicted octanol–water partition coefficient (Wildman–Crippen LogP) is 2.08. The van der Waals surface area contributed by atoms with Crippen molar-refractivity contribution in [1.82, 2.24) is 0 Å². The standard InChI is InChI=1S/C12H8N4O5/c13-7-9(8-17)2-1-5-14-11-4-3-10(15(18)19)6-12(11)16(20)21/h1-6,8,14H/b5-1+,9-2+. The van der Waals surface area contributed by atoms with E-state index in [-0.39, 0.29) is 11.3 Å². The van der Waals surface area contributed by atoms with Crippen LogP contribution < -0.4 is 5.32 Å². The number of aldehydes is 1. The third-order valence-electron chi connectivity index (χ3n) is 2.26. The average Bonchev–Trinajstić information content (AvgIpc) is 2.47. The maximum absolute atomic E-state index is 10.8. The number of benzene rings is 1. The maximum atomic E-state index is 10.8. The SMILES string of the molecule is N#C/C(C=O)=C\C=C\Nc1ccc([N+](=O)[O-])cc1[N+](=O)[O-]. The molecule has 0 heterocycles. The van der Waals surface area contributed by atoms with Crippen LogP contribution in [0.5, 0.6) is 0 Å². The summed E-state index contributed by atoms with van der Waals surface area (Å²) in [6.45, 7) is 0. The number of carbonyl (C=O) groups excluding carboxylic acids is 1. The molecule has 0 fully saturated rings. The number of nitrogens with zero attached hydrogens (tertiary/aromatic N) is 3. The van der Waals surface area contributed by atoms with E-state index in [0.29, 0.717) is 6.29 Å². The van der Waals surface area contributed by atoms with Gasteiger partial charge in [-0.1, -0.05) is 0 Å². The number of carbonyl (C=O) groups is 1. The molecule has 1 aromatic rings. The molecular formula is C12H8N4O5. The van der Waals surface area contributed by atoms with Crippen molar-refractivity contribution in [1.29, 1.82) is 5.26 Å². The normalized spacial score (nSPS) is 10.9. The molecule has 0 bridgehead atoms. The first-order chi connectivity index (χ1) is 9.99. The van der Waals surface area contributed by atoms with Gasteiger partial charge in [0.1, 0.15) is 11.8 Å². The van der Waals surface area contributed by atoms with Crippen LogP contribution in [0.15, 0.2) is 42.1 Å². The molecule has 1 N–H and O–H groups in total. The van der Waals surface area contributed by atoms with Crippen molar-refractivity contribution in [2.24, 2.45) is 0 Å². The van der Waals surface area contributed by atoms with Gasteiger partial charge in [0.2, 0.25) is 0 Å². The summed E-state index contributed by atoms with van der Waals surface area (Å²) in [4.78, 5) is 30.3. The number of hydrogen-bond acceptors (Lipinski definition) is 7. The Hall–Kier alpha value is -3.54. The smallest absolute Gasteiger partial charge is 0.299 e. The number of rotatable bonds is 6. The second kappa shape index (κ2) is 7.15. The van der Waals surface area contributed by atoms with Crippen molar-refractivity contribution in [3.05, 3.63) is 62.4 Å². The molecule has 0 saturated heterocycles. The molecule has 1 rings (SSSR count). The van der Waals surface area contributed by atoms with Crippen LogP contribution in [-0.4, -0.2) is 16.1 Å². The van der Waals surface area contributed by atoms with Gasteiger partial charge in [-0.3, -0.25) is 25.0 Å². The lowest BCUT2D eigenvalue weighted by atomic mass is 10.2. The van der Waals surface area contributed by atoms with Crippen LogP contribution in [0, 0.1) is 31.6 Å². The lowest BCUT2D eigenvalue weighted by Gasteiger charge is -2.01. The van der Waals surface area contributed by atoms with E-state index in [4.69, 9.17) is 5.26 Å². The Morgan fingerprint density at radius 3 is 2.52 bits per heavy atom. The molecule has 0 aliphatic rings. The lowest BCUT2D eigenvalue weighted by Crippen LogP contribution is -1.97. The molecule has 0 radical (unpaired) electrons. The minimum Gasteiger partial charge on any atom is -0.356 e. The van der Waals surface area contributed by atoms with Gasteiger partial charge in [0.05, 0.1) is 21.5 Å². The summed E-state index contributed by atoms with van der Waals surface area (Å²) >= 11 is 0. The van der Waals surface area contributed by atoms with Crippen LogP contribution in [0.1, 0.15) is 0 Å². The largest absolute Gasteiger partial charge is 0.356 e. The molecule has 1 aromatic carbocycles. The number of nitriles is 1. The molecule has 0 atom stereocenters. The highest BCUT2D eigenvalue weighted by Gasteiger charge is 2.18. The quantitative estimate of drug-likeness (QED) is 0.211. The van der Waals surface area contributed by atoms with Crippen molar-refractivity contribution >= 4 is 23.3 Å². The second-order valence-electron chi connectivity index (χ2n) is 3.57. The summed E-state index contributed by atoms with van der Waals surface area (Å²) in [6, 6.07) is 4.77. The van der Waals surface area contributed by atoms with Crippen LogP contribution in [-0.2, 0) is 4.79 Å². The number of nitro benzene ring substituents is 2. The van der Waals surface area contributed by atoms with Crippen LogP contribution in [0.3, 0.4) is 0 Å². The minimum absolute atomic E-state index is 0.0415. The van der Waals surface area contributed by atoms with E-state index in [1.54, 1.807) is 6.07 Å². The second-order valence-corrected chi connectivity index (χ2v) is 3.57. The van der Waals surface area contributed by atoms with Gasteiger partial charge in [0.15, 0.2) is 6.29 Å². The minimum atomic E-state index is -0.759. The van der Waals surface area contributed by atoms with E-state index in [0.717, 1.165) is 12.1 Å². The monoisotopic (exact) mass is 288 g/mol. The summed E-state index contributed by atoms with van der Waals surface area (Å²) in [5.74, 6) is 0. The zero-order valence-electron chi connectivity index (χ0n) is 10.4. The lowest BCUT2D eigenvalue weighted by molar-refractivity contribution is -0.393. The van der Waals surface area contributed by atoms with Crippen molar-refractivity contribution in [3.8, 4) is 6.07 Å². The molecule has 0 saturated carbocycles. The van der Waals surface area contributed by atoms with Crippen LogP contribution in [0.2, 0.25) is 0 Å². The van der Waals surface area contributed by atoms with Crippen molar-refractivity contribution < 1.29 is 14.6 Å². The van der Waals surface area contributed by atoms with Gasteiger partial charge < -0.3 is 5.32 Å². The Morgan fingerprint density at radius 1 is 1.29 bits per heavy atom. The number of hydrogen-bond donors (Lipinski definition) is 1. The van der Waals surface area contributed by atoms with Crippen LogP contribution in [0.4, 0.5) is 17.1 Å². The Balaban J connectivity index is 2.99. The number of anilines is 1. The van der Waals surface area contributed by atoms with E-state index >= 15 is 0 Å². The van der Waals surface area contributed by atoms with Crippen LogP contribution >= 0.6 is 0 Å². The van der Waals surface area contributed by atoms with Gasteiger partial charge in [0.25, 0.3) is 11.4 Å². The van der Waals surface area contributed by atoms with Gasteiger partial charge in [-0.05, 0) is 18.2 Å². The molecule has 0 aliphatic carbocycles. The van der Waals surface area contributed by atoms with E-state index in [2.05, 4.69) is 5.32 Å². The highest BCUT2D eigenvalue weighted by molar-refractivity contribution is 5.79. The van der Waals surface area contributed by atoms with E-state index in [1.165, 1.54) is 24.4 Å². The highest BCUT2D eigenvalue weighted by Crippen LogP contribution is 2.28. The van der Waals surface area contributed by atoms with Gasteiger partial charge >= 0.3 is 0 Å². The third-order valence-corrected chi connectivity index (χ3v) is 2.26. The molecule has 0 spiro atoms. The van der Waals surface area contributed by atoms with Crippen molar-refractivity contribution in [2.45, 2.75) is 0 Å².